The molecule has 0 spiro atoms. The molecule has 172 valence electrons. The van der Waals surface area contributed by atoms with Crippen LogP contribution in [-0.4, -0.2) is 25.8 Å². The fourth-order valence-corrected chi connectivity index (χ4v) is 4.05. The van der Waals surface area contributed by atoms with Gasteiger partial charge in [0.25, 0.3) is 5.79 Å². The van der Waals surface area contributed by atoms with Crippen LogP contribution in [0.5, 0.6) is 0 Å². The highest BCUT2D eigenvalue weighted by Gasteiger charge is 2.53. The van der Waals surface area contributed by atoms with E-state index >= 15 is 0 Å². The SMILES string of the molecule is CCOC(=O)C1(c2ccc(C(F)(F)F)cc2)OCC(c2ccccc2)(c2ccccc2)CO1. The van der Waals surface area contributed by atoms with Gasteiger partial charge in [0.05, 0.1) is 30.8 Å². The summed E-state index contributed by atoms with van der Waals surface area (Å²) >= 11 is 0. The van der Waals surface area contributed by atoms with Crippen molar-refractivity contribution in [3.05, 3.63) is 107 Å². The molecule has 0 radical (unpaired) electrons. The van der Waals surface area contributed by atoms with Crippen LogP contribution in [-0.2, 0) is 36.4 Å². The summed E-state index contributed by atoms with van der Waals surface area (Å²) < 4.78 is 56.7. The molecule has 1 fully saturated rings. The highest BCUT2D eigenvalue weighted by molar-refractivity contribution is 5.80. The molecule has 33 heavy (non-hydrogen) atoms. The van der Waals surface area contributed by atoms with Crippen molar-refractivity contribution in [2.45, 2.75) is 24.3 Å². The topological polar surface area (TPSA) is 44.8 Å². The number of esters is 1. The average molecular weight is 456 g/mol. The van der Waals surface area contributed by atoms with Crippen LogP contribution in [0.1, 0.15) is 29.2 Å². The molecule has 0 aromatic heterocycles. The van der Waals surface area contributed by atoms with Gasteiger partial charge in [-0.15, -0.1) is 0 Å². The fraction of sp³-hybridized carbons (Fsp3) is 0.269. The Labute approximate surface area is 189 Å². The van der Waals surface area contributed by atoms with Crippen molar-refractivity contribution in [3.63, 3.8) is 0 Å². The molecule has 0 aliphatic carbocycles. The van der Waals surface area contributed by atoms with Crippen LogP contribution >= 0.6 is 0 Å². The van der Waals surface area contributed by atoms with Gasteiger partial charge in [-0.1, -0.05) is 72.8 Å². The van der Waals surface area contributed by atoms with Crippen LogP contribution in [0.4, 0.5) is 13.2 Å². The van der Waals surface area contributed by atoms with E-state index in [2.05, 4.69) is 0 Å². The molecule has 1 heterocycles. The summed E-state index contributed by atoms with van der Waals surface area (Å²) in [6.07, 6.45) is -4.50. The van der Waals surface area contributed by atoms with Gasteiger partial charge in [-0.2, -0.15) is 13.2 Å². The number of benzene rings is 3. The van der Waals surface area contributed by atoms with Gasteiger partial charge in [-0.05, 0) is 30.2 Å². The molecule has 1 saturated heterocycles. The summed E-state index contributed by atoms with van der Waals surface area (Å²) in [6.45, 7) is 1.82. The Kier molecular flexibility index (Phi) is 6.28. The van der Waals surface area contributed by atoms with Crippen LogP contribution in [0.3, 0.4) is 0 Å². The molecule has 4 rings (SSSR count). The lowest BCUT2D eigenvalue weighted by Crippen LogP contribution is -2.55. The largest absolute Gasteiger partial charge is 0.462 e. The first kappa shape index (κ1) is 23.0. The van der Waals surface area contributed by atoms with Gasteiger partial charge in [-0.3, -0.25) is 0 Å². The predicted molar refractivity (Wildman–Crippen MR) is 115 cm³/mol. The van der Waals surface area contributed by atoms with E-state index in [4.69, 9.17) is 14.2 Å². The molecular formula is C26H23F3O4. The molecule has 1 aliphatic rings. The van der Waals surface area contributed by atoms with Gasteiger partial charge >= 0.3 is 12.1 Å². The molecule has 0 N–H and O–H groups in total. The van der Waals surface area contributed by atoms with Crippen LogP contribution in [0.25, 0.3) is 0 Å². The molecule has 0 saturated carbocycles. The molecule has 1 aliphatic heterocycles. The maximum absolute atomic E-state index is 13.1. The standard InChI is InChI=1S/C26H23F3O4/c1-2-31-23(30)25(21-13-15-22(16-14-21)26(27,28)29)32-17-24(18-33-25,19-9-5-3-6-10-19)20-11-7-4-8-12-20/h3-16H,2,17-18H2,1H3. The quantitative estimate of drug-likeness (QED) is 0.479. The van der Waals surface area contributed by atoms with Crippen molar-refractivity contribution in [2.75, 3.05) is 19.8 Å². The lowest BCUT2D eigenvalue weighted by atomic mass is 9.75. The minimum Gasteiger partial charge on any atom is -0.462 e. The summed E-state index contributed by atoms with van der Waals surface area (Å²) in [5, 5.41) is 0. The van der Waals surface area contributed by atoms with Gasteiger partial charge < -0.3 is 14.2 Å². The van der Waals surface area contributed by atoms with Crippen molar-refractivity contribution in [1.82, 2.24) is 0 Å². The Morgan fingerprint density at radius 1 is 0.818 bits per heavy atom. The van der Waals surface area contributed by atoms with Crippen LogP contribution in [0, 0.1) is 0 Å². The van der Waals surface area contributed by atoms with Crippen molar-refractivity contribution >= 4 is 5.97 Å². The number of carbonyl (C=O) groups is 1. The van der Waals surface area contributed by atoms with E-state index in [1.54, 1.807) is 6.92 Å². The predicted octanol–water partition coefficient (Wildman–Crippen LogP) is 5.45. The van der Waals surface area contributed by atoms with Crippen LogP contribution in [0.15, 0.2) is 84.9 Å². The highest BCUT2D eigenvalue weighted by Crippen LogP contribution is 2.43. The second kappa shape index (κ2) is 9.00. The molecular weight excluding hydrogens is 433 g/mol. The number of halogens is 3. The zero-order valence-corrected chi connectivity index (χ0v) is 18.0. The van der Waals surface area contributed by atoms with E-state index in [-0.39, 0.29) is 25.4 Å². The van der Waals surface area contributed by atoms with E-state index in [0.29, 0.717) is 0 Å². The molecule has 7 heteroatoms. The van der Waals surface area contributed by atoms with Crippen molar-refractivity contribution in [3.8, 4) is 0 Å². The van der Waals surface area contributed by atoms with E-state index in [1.807, 2.05) is 60.7 Å². The van der Waals surface area contributed by atoms with Crippen molar-refractivity contribution < 1.29 is 32.2 Å². The number of ether oxygens (including phenoxy) is 3. The summed E-state index contributed by atoms with van der Waals surface area (Å²) in [5.41, 5.74) is 0.458. The third kappa shape index (κ3) is 4.26. The van der Waals surface area contributed by atoms with Gasteiger partial charge in [0.15, 0.2) is 0 Å². The van der Waals surface area contributed by atoms with Crippen LogP contribution < -0.4 is 0 Å². The first-order valence-electron chi connectivity index (χ1n) is 10.6. The van der Waals surface area contributed by atoms with Crippen molar-refractivity contribution in [1.29, 1.82) is 0 Å². The van der Waals surface area contributed by atoms with Gasteiger partial charge in [0, 0.05) is 5.56 Å². The third-order valence-electron chi connectivity index (χ3n) is 5.83. The smallest absolute Gasteiger partial charge is 0.416 e. The average Bonchev–Trinajstić information content (AvgIpc) is 2.85. The number of hydrogen-bond acceptors (Lipinski definition) is 4. The summed E-state index contributed by atoms with van der Waals surface area (Å²) in [7, 11) is 0. The Balaban J connectivity index is 1.75. The number of rotatable bonds is 5. The van der Waals surface area contributed by atoms with E-state index in [9.17, 15) is 18.0 Å². The zero-order chi connectivity index (χ0) is 23.5. The monoisotopic (exact) mass is 456 g/mol. The zero-order valence-electron chi connectivity index (χ0n) is 18.0. The highest BCUT2D eigenvalue weighted by atomic mass is 19.4. The first-order valence-corrected chi connectivity index (χ1v) is 10.6. The molecule has 0 amide bonds. The minimum absolute atomic E-state index is 0.0564. The molecule has 4 nitrogen and oxygen atoms in total. The number of hydrogen-bond donors (Lipinski definition) is 0. The van der Waals surface area contributed by atoms with Crippen LogP contribution in [0.2, 0.25) is 0 Å². The lowest BCUT2D eigenvalue weighted by Gasteiger charge is -2.45. The van der Waals surface area contributed by atoms with Crippen molar-refractivity contribution in [2.24, 2.45) is 0 Å². The van der Waals surface area contributed by atoms with Gasteiger partial charge in [0.2, 0.25) is 0 Å². The summed E-state index contributed by atoms with van der Waals surface area (Å²) in [6, 6.07) is 23.4. The Morgan fingerprint density at radius 3 is 1.73 bits per heavy atom. The molecule has 3 aromatic rings. The Morgan fingerprint density at radius 2 is 1.30 bits per heavy atom. The molecule has 0 unspecified atom stereocenters. The summed E-state index contributed by atoms with van der Waals surface area (Å²) in [4.78, 5) is 13.0. The van der Waals surface area contributed by atoms with E-state index in [1.165, 1.54) is 12.1 Å². The lowest BCUT2D eigenvalue weighted by molar-refractivity contribution is -0.290. The second-order valence-corrected chi connectivity index (χ2v) is 7.80. The normalized spacial score (nSPS) is 17.3. The van der Waals surface area contributed by atoms with Gasteiger partial charge in [0.1, 0.15) is 0 Å². The number of carbonyl (C=O) groups excluding carboxylic acids is 1. The first-order chi connectivity index (χ1) is 15.8. The maximum atomic E-state index is 13.1. The summed E-state index contributed by atoms with van der Waals surface area (Å²) in [5.74, 6) is -2.77. The molecule has 0 atom stereocenters. The third-order valence-corrected chi connectivity index (χ3v) is 5.83. The fourth-order valence-electron chi connectivity index (χ4n) is 4.05. The van der Waals surface area contributed by atoms with E-state index < -0.39 is 28.9 Å². The van der Waals surface area contributed by atoms with E-state index in [0.717, 1.165) is 23.3 Å². The minimum atomic E-state index is -4.50. The maximum Gasteiger partial charge on any atom is 0.416 e. The Bertz CT molecular complexity index is 1030. The molecule has 3 aromatic carbocycles. The second-order valence-electron chi connectivity index (χ2n) is 7.80. The Hall–Kier alpha value is -3.16. The number of alkyl halides is 3. The molecule has 0 bridgehead atoms. The van der Waals surface area contributed by atoms with Gasteiger partial charge in [-0.25, -0.2) is 4.79 Å².